The van der Waals surface area contributed by atoms with Gasteiger partial charge in [-0.05, 0) is 51.3 Å². The molecule has 0 unspecified atom stereocenters. The third kappa shape index (κ3) is 4.39. The lowest BCUT2D eigenvalue weighted by Gasteiger charge is -2.21. The summed E-state index contributed by atoms with van der Waals surface area (Å²) in [6, 6.07) is 5.04. The molecule has 0 saturated carbocycles. The molecule has 0 bridgehead atoms. The van der Waals surface area contributed by atoms with Crippen LogP contribution in [0.4, 0.5) is 5.69 Å². The fourth-order valence-corrected chi connectivity index (χ4v) is 5.89. The maximum atomic E-state index is 13.1. The van der Waals surface area contributed by atoms with E-state index < -0.39 is 10.0 Å². The topological polar surface area (TPSA) is 79.4 Å². The highest BCUT2D eigenvalue weighted by Crippen LogP contribution is 2.26. The van der Waals surface area contributed by atoms with Crippen molar-refractivity contribution in [2.24, 2.45) is 0 Å². The van der Waals surface area contributed by atoms with Crippen LogP contribution in [0.3, 0.4) is 0 Å². The lowest BCUT2D eigenvalue weighted by atomic mass is 10.2. The third-order valence-corrected chi connectivity index (χ3v) is 7.85. The van der Waals surface area contributed by atoms with Gasteiger partial charge in [0.2, 0.25) is 10.0 Å². The standard InChI is InChI=1S/C19H25N3O3S2/c1-13-8-9-16(21-19(23)18-14(2)20-15(3)26-18)12-17(13)27(24,25)22-10-6-4-5-7-11-22/h8-9,12H,4-7,10-11H2,1-3H3,(H,21,23). The normalized spacial score (nSPS) is 16.1. The molecule has 6 nitrogen and oxygen atoms in total. The summed E-state index contributed by atoms with van der Waals surface area (Å²) >= 11 is 1.33. The molecule has 1 saturated heterocycles. The largest absolute Gasteiger partial charge is 0.321 e. The van der Waals surface area contributed by atoms with Crippen LogP contribution in [0.2, 0.25) is 0 Å². The average Bonchev–Trinajstić information content (AvgIpc) is 2.81. The first-order valence-electron chi connectivity index (χ1n) is 9.15. The molecule has 3 rings (SSSR count). The Bertz CT molecular complexity index is 943. The van der Waals surface area contributed by atoms with Crippen LogP contribution < -0.4 is 5.32 Å². The molecule has 0 aliphatic carbocycles. The van der Waals surface area contributed by atoms with E-state index in [2.05, 4.69) is 10.3 Å². The first-order valence-corrected chi connectivity index (χ1v) is 11.4. The molecule has 1 N–H and O–H groups in total. The highest BCUT2D eigenvalue weighted by molar-refractivity contribution is 7.89. The summed E-state index contributed by atoms with van der Waals surface area (Å²) in [5, 5.41) is 3.64. The summed E-state index contributed by atoms with van der Waals surface area (Å²) in [5.41, 5.74) is 1.84. The lowest BCUT2D eigenvalue weighted by Crippen LogP contribution is -2.32. The van der Waals surface area contributed by atoms with Gasteiger partial charge < -0.3 is 5.32 Å². The smallest absolute Gasteiger partial charge is 0.267 e. The Kier molecular flexibility index (Phi) is 5.98. The van der Waals surface area contributed by atoms with E-state index in [-0.39, 0.29) is 10.8 Å². The van der Waals surface area contributed by atoms with Gasteiger partial charge in [0.05, 0.1) is 15.6 Å². The van der Waals surface area contributed by atoms with Crippen LogP contribution >= 0.6 is 11.3 Å². The van der Waals surface area contributed by atoms with Crippen LogP contribution in [0, 0.1) is 20.8 Å². The highest BCUT2D eigenvalue weighted by atomic mass is 32.2. The van der Waals surface area contributed by atoms with E-state index in [0.717, 1.165) is 30.7 Å². The summed E-state index contributed by atoms with van der Waals surface area (Å²) in [6.45, 7) is 6.54. The molecule has 1 aliphatic rings. The van der Waals surface area contributed by atoms with E-state index >= 15 is 0 Å². The zero-order chi connectivity index (χ0) is 19.6. The van der Waals surface area contributed by atoms with Crippen molar-refractivity contribution in [3.8, 4) is 0 Å². The van der Waals surface area contributed by atoms with E-state index in [1.807, 2.05) is 6.92 Å². The second-order valence-corrected chi connectivity index (χ2v) is 10.0. The number of hydrogen-bond acceptors (Lipinski definition) is 5. The Morgan fingerprint density at radius 3 is 2.37 bits per heavy atom. The van der Waals surface area contributed by atoms with Crippen LogP contribution in [0.1, 0.15) is 51.6 Å². The number of carbonyl (C=O) groups is 1. The van der Waals surface area contributed by atoms with Crippen molar-refractivity contribution in [2.45, 2.75) is 51.3 Å². The van der Waals surface area contributed by atoms with Gasteiger partial charge in [0.15, 0.2) is 0 Å². The minimum Gasteiger partial charge on any atom is -0.321 e. The molecule has 1 aliphatic heterocycles. The van der Waals surface area contributed by atoms with Crippen molar-refractivity contribution in [2.75, 3.05) is 18.4 Å². The number of anilines is 1. The lowest BCUT2D eigenvalue weighted by molar-refractivity contribution is 0.102. The van der Waals surface area contributed by atoms with E-state index in [1.54, 1.807) is 36.4 Å². The van der Waals surface area contributed by atoms with Crippen molar-refractivity contribution < 1.29 is 13.2 Å². The SMILES string of the molecule is Cc1nc(C)c(C(=O)Nc2ccc(C)c(S(=O)(=O)N3CCCCCC3)c2)s1. The number of rotatable bonds is 4. The number of aryl methyl sites for hydroxylation is 3. The minimum atomic E-state index is -3.57. The molecule has 146 valence electrons. The zero-order valence-electron chi connectivity index (χ0n) is 15.9. The molecule has 8 heteroatoms. The van der Waals surface area contributed by atoms with Gasteiger partial charge in [0, 0.05) is 18.8 Å². The van der Waals surface area contributed by atoms with Gasteiger partial charge in [-0.1, -0.05) is 18.9 Å². The molecule has 2 aromatic rings. The van der Waals surface area contributed by atoms with Crippen LogP contribution in [-0.2, 0) is 10.0 Å². The van der Waals surface area contributed by atoms with Gasteiger partial charge in [0.1, 0.15) is 4.88 Å². The molecule has 1 aromatic carbocycles. The highest BCUT2D eigenvalue weighted by Gasteiger charge is 2.27. The molecular weight excluding hydrogens is 382 g/mol. The Hall–Kier alpha value is -1.77. The van der Waals surface area contributed by atoms with Crippen molar-refractivity contribution in [1.29, 1.82) is 0 Å². The van der Waals surface area contributed by atoms with Crippen LogP contribution in [0.25, 0.3) is 0 Å². The van der Waals surface area contributed by atoms with Crippen LogP contribution in [-0.4, -0.2) is 36.7 Å². The Labute approximate surface area is 164 Å². The third-order valence-electron chi connectivity index (χ3n) is 4.74. The maximum Gasteiger partial charge on any atom is 0.267 e. The Morgan fingerprint density at radius 2 is 1.78 bits per heavy atom. The second-order valence-electron chi connectivity index (χ2n) is 6.90. The Balaban J connectivity index is 1.87. The maximum absolute atomic E-state index is 13.1. The predicted octanol–water partition coefficient (Wildman–Crippen LogP) is 3.89. The molecule has 27 heavy (non-hydrogen) atoms. The number of hydrogen-bond donors (Lipinski definition) is 1. The second kappa shape index (κ2) is 8.08. The number of amides is 1. The van der Waals surface area contributed by atoms with E-state index in [0.29, 0.717) is 34.9 Å². The summed E-state index contributed by atoms with van der Waals surface area (Å²) < 4.78 is 27.8. The number of nitrogens with one attached hydrogen (secondary N) is 1. The summed E-state index contributed by atoms with van der Waals surface area (Å²) in [4.78, 5) is 17.6. The fourth-order valence-electron chi connectivity index (χ4n) is 3.31. The fraction of sp³-hybridized carbons (Fsp3) is 0.474. The number of nitrogens with zero attached hydrogens (tertiary/aromatic N) is 2. The minimum absolute atomic E-state index is 0.263. The molecular formula is C19H25N3O3S2. The molecule has 1 amide bonds. The van der Waals surface area contributed by atoms with Crippen LogP contribution in [0.5, 0.6) is 0 Å². The predicted molar refractivity (Wildman–Crippen MR) is 108 cm³/mol. The van der Waals surface area contributed by atoms with Gasteiger partial charge in [-0.2, -0.15) is 4.31 Å². The van der Waals surface area contributed by atoms with E-state index in [4.69, 9.17) is 0 Å². The monoisotopic (exact) mass is 407 g/mol. The molecule has 0 atom stereocenters. The van der Waals surface area contributed by atoms with E-state index in [9.17, 15) is 13.2 Å². The van der Waals surface area contributed by atoms with Gasteiger partial charge in [0.25, 0.3) is 5.91 Å². The number of carbonyl (C=O) groups excluding carboxylic acids is 1. The number of sulfonamides is 1. The van der Waals surface area contributed by atoms with Crippen molar-refractivity contribution in [1.82, 2.24) is 9.29 Å². The Morgan fingerprint density at radius 1 is 1.11 bits per heavy atom. The van der Waals surface area contributed by atoms with Gasteiger partial charge >= 0.3 is 0 Å². The average molecular weight is 408 g/mol. The molecule has 1 aromatic heterocycles. The molecule has 0 spiro atoms. The first kappa shape index (κ1) is 20.0. The number of thiazole rings is 1. The summed E-state index contributed by atoms with van der Waals surface area (Å²) in [7, 11) is -3.57. The van der Waals surface area contributed by atoms with Crippen molar-refractivity contribution in [3.63, 3.8) is 0 Å². The summed E-state index contributed by atoms with van der Waals surface area (Å²) in [5.74, 6) is -0.264. The first-order chi connectivity index (χ1) is 12.8. The summed E-state index contributed by atoms with van der Waals surface area (Å²) in [6.07, 6.45) is 3.90. The van der Waals surface area contributed by atoms with Gasteiger partial charge in [-0.15, -0.1) is 11.3 Å². The van der Waals surface area contributed by atoms with Crippen LogP contribution in [0.15, 0.2) is 23.1 Å². The zero-order valence-corrected chi connectivity index (χ0v) is 17.5. The quantitative estimate of drug-likeness (QED) is 0.834. The van der Waals surface area contributed by atoms with E-state index in [1.165, 1.54) is 11.3 Å². The van der Waals surface area contributed by atoms with Crippen molar-refractivity contribution >= 4 is 33.0 Å². The molecule has 0 radical (unpaired) electrons. The molecule has 1 fully saturated rings. The van der Waals surface area contributed by atoms with Crippen molar-refractivity contribution in [3.05, 3.63) is 39.3 Å². The molecule has 2 heterocycles. The van der Waals surface area contributed by atoms with Gasteiger partial charge in [-0.25, -0.2) is 13.4 Å². The number of aromatic nitrogens is 1. The number of benzene rings is 1. The van der Waals surface area contributed by atoms with Gasteiger partial charge in [-0.3, -0.25) is 4.79 Å².